The van der Waals surface area contributed by atoms with Gasteiger partial charge in [-0.3, -0.25) is 0 Å². The van der Waals surface area contributed by atoms with E-state index in [1.165, 1.54) is 36.8 Å². The number of carbonyl (C=O) groups is 2. The van der Waals surface area contributed by atoms with Crippen molar-refractivity contribution in [3.8, 4) is 5.75 Å². The van der Waals surface area contributed by atoms with E-state index in [4.69, 9.17) is 18.9 Å². The molecule has 7 nitrogen and oxygen atoms in total. The molecule has 2 aromatic rings. The summed E-state index contributed by atoms with van der Waals surface area (Å²) in [6.45, 7) is 0.839. The Bertz CT molecular complexity index is 1180. The van der Waals surface area contributed by atoms with Gasteiger partial charge in [0.1, 0.15) is 18.5 Å². The van der Waals surface area contributed by atoms with Crippen LogP contribution in [0.3, 0.4) is 0 Å². The van der Waals surface area contributed by atoms with Crippen molar-refractivity contribution in [3.63, 3.8) is 0 Å². The molecule has 3 aliphatic carbocycles. The number of fused-ring (bicyclic) bond motifs is 1. The highest BCUT2D eigenvalue weighted by Crippen LogP contribution is 2.56. The molecular weight excluding hydrogens is 506 g/mol. The molecule has 3 atom stereocenters. The third kappa shape index (κ3) is 5.65. The van der Waals surface area contributed by atoms with E-state index in [1.54, 1.807) is 0 Å². The Morgan fingerprint density at radius 3 is 2.50 bits per heavy atom. The van der Waals surface area contributed by atoms with Gasteiger partial charge in [-0.1, -0.05) is 62.1 Å². The molecule has 0 spiro atoms. The highest BCUT2D eigenvalue weighted by Gasteiger charge is 2.55. The van der Waals surface area contributed by atoms with Crippen molar-refractivity contribution in [1.82, 2.24) is 4.90 Å². The number of hydrogen-bond acceptors (Lipinski definition) is 6. The van der Waals surface area contributed by atoms with Gasteiger partial charge < -0.3 is 23.8 Å². The number of ether oxygens (including phenoxy) is 4. The van der Waals surface area contributed by atoms with Gasteiger partial charge in [-0.25, -0.2) is 9.59 Å². The first-order chi connectivity index (χ1) is 19.6. The number of carbonyl (C=O) groups excluding carboxylic acids is 2. The second-order valence-corrected chi connectivity index (χ2v) is 12.0. The lowest BCUT2D eigenvalue weighted by molar-refractivity contribution is -0.0197. The summed E-state index contributed by atoms with van der Waals surface area (Å²) in [6, 6.07) is 16.3. The molecule has 2 saturated carbocycles. The summed E-state index contributed by atoms with van der Waals surface area (Å²) in [5, 5.41) is 0. The Hall–Kier alpha value is -3.22. The molecule has 0 radical (unpaired) electrons. The third-order valence-corrected chi connectivity index (χ3v) is 9.72. The fourth-order valence-electron chi connectivity index (χ4n) is 7.78. The average Bonchev–Trinajstić information content (AvgIpc) is 3.25. The van der Waals surface area contributed by atoms with Gasteiger partial charge in [0.2, 0.25) is 6.79 Å². The second kappa shape index (κ2) is 12.1. The summed E-state index contributed by atoms with van der Waals surface area (Å²) in [4.78, 5) is 27.5. The maximum absolute atomic E-state index is 13.3. The predicted octanol–water partition coefficient (Wildman–Crippen LogP) is 7.29. The topological polar surface area (TPSA) is 74.3 Å². The minimum atomic E-state index is -0.648. The number of rotatable bonds is 6. The molecule has 0 aromatic heterocycles. The Morgan fingerprint density at radius 2 is 1.68 bits per heavy atom. The Kier molecular flexibility index (Phi) is 8.17. The molecule has 1 heterocycles. The maximum atomic E-state index is 13.3. The molecule has 3 fully saturated rings. The zero-order valence-electron chi connectivity index (χ0n) is 23.4. The Morgan fingerprint density at radius 1 is 0.875 bits per heavy atom. The van der Waals surface area contributed by atoms with E-state index in [9.17, 15) is 9.59 Å². The summed E-state index contributed by atoms with van der Waals surface area (Å²) in [5.41, 5.74) is 3.68. The van der Waals surface area contributed by atoms with E-state index in [-0.39, 0.29) is 30.4 Å². The van der Waals surface area contributed by atoms with Crippen LogP contribution in [0, 0.1) is 5.92 Å². The van der Waals surface area contributed by atoms with Gasteiger partial charge in [0.15, 0.2) is 0 Å². The number of benzene rings is 2. The van der Waals surface area contributed by atoms with E-state index in [0.29, 0.717) is 24.8 Å². The number of nitrogens with zero attached hydrogens (tertiary/aromatic N) is 1. The predicted molar refractivity (Wildman–Crippen MR) is 150 cm³/mol. The second-order valence-electron chi connectivity index (χ2n) is 12.0. The summed E-state index contributed by atoms with van der Waals surface area (Å²) < 4.78 is 22.5. The first kappa shape index (κ1) is 27.0. The normalized spacial score (nSPS) is 26.1. The van der Waals surface area contributed by atoms with Crippen LogP contribution in [0.4, 0.5) is 9.59 Å². The number of piperidine rings is 1. The van der Waals surface area contributed by atoms with Gasteiger partial charge in [0, 0.05) is 18.0 Å². The van der Waals surface area contributed by atoms with Crippen molar-refractivity contribution in [2.75, 3.05) is 13.3 Å². The van der Waals surface area contributed by atoms with E-state index in [2.05, 4.69) is 12.1 Å². The van der Waals surface area contributed by atoms with E-state index in [0.717, 1.165) is 56.9 Å². The van der Waals surface area contributed by atoms with Gasteiger partial charge in [-0.15, -0.1) is 0 Å². The monoisotopic (exact) mass is 547 g/mol. The third-order valence-electron chi connectivity index (χ3n) is 9.72. The standard InChI is InChI=1S/C33H41NO6/c35-31(37-22-24-10-4-3-5-11-24)34-19-18-33-17-9-8-14-28(33)30(34)20-25-15-16-27(21-29(25)33)38-23-39-32(36)40-26-12-6-1-2-7-13-26/h3-5,10-11,15-16,21,26,28,30H,1-2,6-9,12-14,17-20,22-23H2/t28-,30+,33+/m1/s1. The number of likely N-dealkylation sites (tertiary alicyclic amines) is 1. The summed E-state index contributed by atoms with van der Waals surface area (Å²) in [7, 11) is 0. The summed E-state index contributed by atoms with van der Waals surface area (Å²) >= 11 is 0. The van der Waals surface area contributed by atoms with Crippen molar-refractivity contribution >= 4 is 12.2 Å². The first-order valence-corrected chi connectivity index (χ1v) is 15.2. The van der Waals surface area contributed by atoms with Crippen molar-refractivity contribution in [3.05, 3.63) is 65.2 Å². The molecule has 214 valence electrons. The molecule has 0 unspecified atom stereocenters. The fraction of sp³-hybridized carbons (Fsp3) is 0.576. The van der Waals surface area contributed by atoms with Crippen molar-refractivity contribution in [2.45, 2.75) is 101 Å². The van der Waals surface area contributed by atoms with E-state index >= 15 is 0 Å². The molecule has 1 aliphatic heterocycles. The van der Waals surface area contributed by atoms with Crippen molar-refractivity contribution < 1.29 is 28.5 Å². The number of hydrogen-bond donors (Lipinski definition) is 0. The van der Waals surface area contributed by atoms with Gasteiger partial charge in [-0.05, 0) is 86.1 Å². The zero-order chi connectivity index (χ0) is 27.4. The van der Waals surface area contributed by atoms with Gasteiger partial charge >= 0.3 is 12.2 Å². The molecule has 7 heteroatoms. The maximum Gasteiger partial charge on any atom is 0.511 e. The highest BCUT2D eigenvalue weighted by molar-refractivity contribution is 5.69. The van der Waals surface area contributed by atoms with Gasteiger partial charge in [0.05, 0.1) is 0 Å². The molecule has 1 saturated heterocycles. The smallest absolute Gasteiger partial charge is 0.457 e. The van der Waals surface area contributed by atoms with Crippen LogP contribution in [0.2, 0.25) is 0 Å². The SMILES string of the molecule is O=C(OCOc1ccc2c(c1)[C@]13CCCC[C@@H]1[C@H](C2)N(C(=O)OCc1ccccc1)CC3)OC1CCCCCC1. The van der Waals surface area contributed by atoms with E-state index in [1.807, 2.05) is 41.3 Å². The molecule has 6 rings (SSSR count). The lowest BCUT2D eigenvalue weighted by atomic mass is 9.52. The van der Waals surface area contributed by atoms with E-state index < -0.39 is 6.16 Å². The van der Waals surface area contributed by atoms with Crippen LogP contribution in [0.5, 0.6) is 5.75 Å². The molecular formula is C33H41NO6. The highest BCUT2D eigenvalue weighted by atomic mass is 16.8. The lowest BCUT2D eigenvalue weighted by Gasteiger charge is -2.58. The van der Waals surface area contributed by atoms with Gasteiger partial charge in [0.25, 0.3) is 0 Å². The van der Waals surface area contributed by atoms with Crippen molar-refractivity contribution in [1.29, 1.82) is 0 Å². The molecule has 1 amide bonds. The van der Waals surface area contributed by atoms with Crippen LogP contribution >= 0.6 is 0 Å². The minimum Gasteiger partial charge on any atom is -0.457 e. The molecule has 2 bridgehead atoms. The fourth-order valence-corrected chi connectivity index (χ4v) is 7.78. The lowest BCUT2D eigenvalue weighted by Crippen LogP contribution is -2.62. The quantitative estimate of drug-likeness (QED) is 0.215. The van der Waals surface area contributed by atoms with Crippen LogP contribution in [0.25, 0.3) is 0 Å². The van der Waals surface area contributed by atoms with Crippen LogP contribution in [-0.2, 0) is 32.7 Å². The minimum absolute atomic E-state index is 0.0458. The molecule has 0 N–H and O–H groups in total. The Labute approximate surface area is 237 Å². The molecule has 2 aromatic carbocycles. The van der Waals surface area contributed by atoms with Crippen LogP contribution in [0.15, 0.2) is 48.5 Å². The summed E-state index contributed by atoms with van der Waals surface area (Å²) in [5.74, 6) is 1.12. The first-order valence-electron chi connectivity index (χ1n) is 15.2. The molecule has 4 aliphatic rings. The van der Waals surface area contributed by atoms with Crippen molar-refractivity contribution in [2.24, 2.45) is 5.92 Å². The summed E-state index contributed by atoms with van der Waals surface area (Å²) in [6.07, 6.45) is 11.9. The van der Waals surface area contributed by atoms with Gasteiger partial charge in [-0.2, -0.15) is 0 Å². The average molecular weight is 548 g/mol. The Balaban J connectivity index is 1.11. The largest absolute Gasteiger partial charge is 0.511 e. The molecule has 40 heavy (non-hydrogen) atoms. The van der Waals surface area contributed by atoms with Crippen LogP contribution < -0.4 is 4.74 Å². The number of amides is 1. The van der Waals surface area contributed by atoms with Crippen LogP contribution in [0.1, 0.15) is 87.3 Å². The zero-order valence-corrected chi connectivity index (χ0v) is 23.4. The van der Waals surface area contributed by atoms with Crippen LogP contribution in [-0.4, -0.2) is 42.6 Å².